The van der Waals surface area contributed by atoms with Gasteiger partial charge in [-0.15, -0.1) is 0 Å². The summed E-state index contributed by atoms with van der Waals surface area (Å²) in [6.07, 6.45) is 0. The van der Waals surface area contributed by atoms with E-state index in [9.17, 15) is 0 Å². The van der Waals surface area contributed by atoms with Crippen molar-refractivity contribution in [2.24, 2.45) is 0 Å². The second-order valence-corrected chi connectivity index (χ2v) is 18.7. The first-order valence-corrected chi connectivity index (χ1v) is 16.4. The summed E-state index contributed by atoms with van der Waals surface area (Å²) in [7, 11) is -3.71. The number of benzene rings is 3. The van der Waals surface area contributed by atoms with E-state index in [1.165, 1.54) is 16.7 Å². The summed E-state index contributed by atoms with van der Waals surface area (Å²) in [6, 6.07) is 25.8. The number of aryl methyl sites for hydroxylation is 1. The molecule has 1 aliphatic rings. The molecule has 0 radical (unpaired) electrons. The topological polar surface area (TPSA) is 0 Å². The van der Waals surface area contributed by atoms with Gasteiger partial charge >= 0.3 is 0 Å². The molecule has 0 nitrogen and oxygen atoms in total. The highest BCUT2D eigenvalue weighted by Crippen LogP contribution is 2.33. The maximum absolute atomic E-state index is 2.56. The van der Waals surface area contributed by atoms with Gasteiger partial charge in [0.15, 0.2) is 0 Å². The fourth-order valence-corrected chi connectivity index (χ4v) is 13.5. The standard InChI is InChI=1S/C26H32Si2/c1-19-16-17-24-25(18-19)28(6,7)23-15-11-9-13-21(23)26(2,3)20-12-8-10-14-22(20)27(24,4)5/h8-18H,1-7H3. The second-order valence-electron chi connectivity index (χ2n) is 10.0. The molecule has 0 unspecified atom stereocenters. The summed E-state index contributed by atoms with van der Waals surface area (Å²) in [4.78, 5) is 0. The van der Waals surface area contributed by atoms with Crippen LogP contribution in [0.25, 0.3) is 0 Å². The Morgan fingerprint density at radius 3 is 1.57 bits per heavy atom. The Bertz CT molecular complexity index is 1050. The van der Waals surface area contributed by atoms with Gasteiger partial charge < -0.3 is 0 Å². The van der Waals surface area contributed by atoms with Gasteiger partial charge in [-0.25, -0.2) is 0 Å². The molecule has 1 heterocycles. The summed E-state index contributed by atoms with van der Waals surface area (Å²) < 4.78 is 0. The van der Waals surface area contributed by atoms with E-state index in [-0.39, 0.29) is 5.41 Å². The van der Waals surface area contributed by atoms with E-state index >= 15 is 0 Å². The van der Waals surface area contributed by atoms with E-state index in [4.69, 9.17) is 0 Å². The minimum Gasteiger partial charge on any atom is -0.0624 e. The molecular weight excluding hydrogens is 368 g/mol. The first-order valence-electron chi connectivity index (χ1n) is 10.4. The van der Waals surface area contributed by atoms with Crippen LogP contribution in [0.3, 0.4) is 0 Å². The van der Waals surface area contributed by atoms with E-state index in [0.717, 1.165) is 0 Å². The predicted octanol–water partition coefficient (Wildman–Crippen LogP) is 4.28. The molecule has 0 saturated carbocycles. The molecule has 0 aliphatic carbocycles. The molecule has 0 bridgehead atoms. The Kier molecular flexibility index (Phi) is 4.37. The molecular formula is C26H32Si2. The maximum atomic E-state index is 2.56. The van der Waals surface area contributed by atoms with Gasteiger partial charge in [-0.05, 0) is 18.1 Å². The number of hydrogen-bond donors (Lipinski definition) is 0. The highest BCUT2D eigenvalue weighted by molar-refractivity contribution is 7.09. The number of fused-ring (bicyclic) bond motifs is 3. The fourth-order valence-electron chi connectivity index (χ4n) is 5.30. The van der Waals surface area contributed by atoms with Crippen molar-refractivity contribution in [1.82, 2.24) is 0 Å². The van der Waals surface area contributed by atoms with Gasteiger partial charge in [-0.3, -0.25) is 0 Å². The summed E-state index contributed by atoms with van der Waals surface area (Å²) in [5, 5.41) is 6.46. The first-order chi connectivity index (χ1) is 13.1. The van der Waals surface area contributed by atoms with E-state index in [0.29, 0.717) is 0 Å². The summed E-state index contributed by atoms with van der Waals surface area (Å²) in [6.45, 7) is 17.3. The predicted molar refractivity (Wildman–Crippen MR) is 130 cm³/mol. The van der Waals surface area contributed by atoms with Crippen molar-refractivity contribution in [2.45, 2.75) is 52.4 Å². The van der Waals surface area contributed by atoms with E-state index < -0.39 is 16.1 Å². The SMILES string of the molecule is Cc1ccc2c(c1)[Si](C)(C)c1ccccc1C(C)(C)c1ccccc1[Si]2(C)C. The quantitative estimate of drug-likeness (QED) is 0.494. The molecule has 0 atom stereocenters. The summed E-state index contributed by atoms with van der Waals surface area (Å²) in [5.41, 5.74) is 4.41. The lowest BCUT2D eigenvalue weighted by Crippen LogP contribution is -2.67. The Labute approximate surface area is 172 Å². The van der Waals surface area contributed by atoms with Crippen molar-refractivity contribution in [3.63, 3.8) is 0 Å². The van der Waals surface area contributed by atoms with E-state index in [2.05, 4.69) is 114 Å². The van der Waals surface area contributed by atoms with Crippen molar-refractivity contribution < 1.29 is 0 Å². The van der Waals surface area contributed by atoms with Gasteiger partial charge in [0, 0.05) is 5.41 Å². The summed E-state index contributed by atoms with van der Waals surface area (Å²) in [5.74, 6) is 0. The zero-order chi connectivity index (χ0) is 20.3. The first kappa shape index (κ1) is 19.4. The molecule has 0 aromatic heterocycles. The average molecular weight is 401 g/mol. The lowest BCUT2D eigenvalue weighted by Gasteiger charge is -2.34. The molecule has 1 aliphatic heterocycles. The highest BCUT2D eigenvalue weighted by Gasteiger charge is 2.43. The lowest BCUT2D eigenvalue weighted by atomic mass is 9.78. The van der Waals surface area contributed by atoms with Crippen molar-refractivity contribution in [1.29, 1.82) is 0 Å². The van der Waals surface area contributed by atoms with Gasteiger partial charge in [0.1, 0.15) is 16.1 Å². The third kappa shape index (κ3) is 2.69. The zero-order valence-corrected chi connectivity index (χ0v) is 20.4. The molecule has 2 heteroatoms. The van der Waals surface area contributed by atoms with Crippen LogP contribution in [0.2, 0.25) is 26.2 Å². The van der Waals surface area contributed by atoms with Crippen LogP contribution in [0.5, 0.6) is 0 Å². The van der Waals surface area contributed by atoms with Gasteiger partial charge in [0.2, 0.25) is 0 Å². The summed E-state index contributed by atoms with van der Waals surface area (Å²) >= 11 is 0. The Balaban J connectivity index is 2.23. The van der Waals surface area contributed by atoms with Crippen LogP contribution in [-0.2, 0) is 5.41 Å². The van der Waals surface area contributed by atoms with Crippen molar-refractivity contribution >= 4 is 36.9 Å². The van der Waals surface area contributed by atoms with E-state index in [1.54, 1.807) is 20.7 Å². The zero-order valence-electron chi connectivity index (χ0n) is 18.4. The van der Waals surface area contributed by atoms with Gasteiger partial charge in [0.25, 0.3) is 0 Å². The second kappa shape index (κ2) is 6.30. The number of hydrogen-bond acceptors (Lipinski definition) is 0. The van der Waals surface area contributed by atoms with Crippen LogP contribution in [0.15, 0.2) is 66.7 Å². The molecule has 0 spiro atoms. The highest BCUT2D eigenvalue weighted by atomic mass is 28.3. The lowest BCUT2D eigenvalue weighted by molar-refractivity contribution is 0.648. The Morgan fingerprint density at radius 1 is 0.571 bits per heavy atom. The smallest absolute Gasteiger partial charge is 0.0624 e. The Morgan fingerprint density at radius 2 is 1.04 bits per heavy atom. The molecule has 28 heavy (non-hydrogen) atoms. The van der Waals surface area contributed by atoms with Gasteiger partial charge in [-0.2, -0.15) is 0 Å². The minimum atomic E-state index is -1.86. The average Bonchev–Trinajstić information content (AvgIpc) is 2.68. The molecule has 144 valence electrons. The molecule has 0 N–H and O–H groups in total. The van der Waals surface area contributed by atoms with Crippen LogP contribution in [0.4, 0.5) is 0 Å². The molecule has 0 amide bonds. The third-order valence-corrected chi connectivity index (χ3v) is 14.4. The van der Waals surface area contributed by atoms with Crippen molar-refractivity contribution in [3.05, 3.63) is 83.4 Å². The van der Waals surface area contributed by atoms with Gasteiger partial charge in [0.05, 0.1) is 0 Å². The van der Waals surface area contributed by atoms with Crippen LogP contribution in [0, 0.1) is 6.92 Å². The number of rotatable bonds is 0. The molecule has 3 aromatic rings. The van der Waals surface area contributed by atoms with E-state index in [1.807, 2.05) is 0 Å². The molecule has 0 saturated heterocycles. The van der Waals surface area contributed by atoms with Crippen LogP contribution < -0.4 is 20.7 Å². The normalized spacial score (nSPS) is 18.7. The van der Waals surface area contributed by atoms with Crippen molar-refractivity contribution in [3.8, 4) is 0 Å². The molecule has 4 rings (SSSR count). The molecule has 0 fully saturated rings. The van der Waals surface area contributed by atoms with Crippen molar-refractivity contribution in [2.75, 3.05) is 0 Å². The largest absolute Gasteiger partial charge is 0.112 e. The molecule has 3 aromatic carbocycles. The Hall–Kier alpha value is -1.91. The fraction of sp³-hybridized carbons (Fsp3) is 0.308. The monoisotopic (exact) mass is 400 g/mol. The van der Waals surface area contributed by atoms with Crippen LogP contribution in [0.1, 0.15) is 30.5 Å². The van der Waals surface area contributed by atoms with Crippen LogP contribution in [-0.4, -0.2) is 16.1 Å². The minimum absolute atomic E-state index is 0.00118. The third-order valence-electron chi connectivity index (χ3n) is 7.07. The van der Waals surface area contributed by atoms with Gasteiger partial charge in [-0.1, -0.05) is 133 Å². The van der Waals surface area contributed by atoms with Crippen LogP contribution >= 0.6 is 0 Å². The maximum Gasteiger partial charge on any atom is 0.112 e.